The van der Waals surface area contributed by atoms with Gasteiger partial charge in [0.1, 0.15) is 0 Å². The molecule has 0 spiro atoms. The predicted molar refractivity (Wildman–Crippen MR) is 81.9 cm³/mol. The molecule has 1 saturated heterocycles. The molecule has 2 aromatic rings. The van der Waals surface area contributed by atoms with Crippen molar-refractivity contribution in [3.63, 3.8) is 0 Å². The number of piperidine rings is 1. The third-order valence-corrected chi connectivity index (χ3v) is 4.19. The largest absolute Gasteiger partial charge is 0.339 e. The third-order valence-electron chi connectivity index (χ3n) is 4.19. The summed E-state index contributed by atoms with van der Waals surface area (Å²) in [6.45, 7) is 1.69. The molecule has 0 bridgehead atoms. The lowest BCUT2D eigenvalue weighted by molar-refractivity contribution is 0.0707. The molecule has 3 nitrogen and oxygen atoms in total. The van der Waals surface area contributed by atoms with Gasteiger partial charge in [0.15, 0.2) is 0 Å². The fourth-order valence-corrected chi connectivity index (χ4v) is 2.88. The van der Waals surface area contributed by atoms with Crippen LogP contribution >= 0.6 is 0 Å². The zero-order valence-electron chi connectivity index (χ0n) is 11.8. The average molecular weight is 268 g/mol. The van der Waals surface area contributed by atoms with Gasteiger partial charge in [-0.25, -0.2) is 0 Å². The molecule has 0 unspecified atom stereocenters. The van der Waals surface area contributed by atoms with Crippen molar-refractivity contribution in [1.82, 2.24) is 10.2 Å². The maximum atomic E-state index is 12.5. The van der Waals surface area contributed by atoms with Crippen LogP contribution in [-0.2, 0) is 0 Å². The Balaban J connectivity index is 1.79. The van der Waals surface area contributed by atoms with Gasteiger partial charge in [-0.1, -0.05) is 30.3 Å². The smallest absolute Gasteiger partial charge is 0.253 e. The number of hydrogen-bond acceptors (Lipinski definition) is 2. The molecule has 0 saturated carbocycles. The highest BCUT2D eigenvalue weighted by atomic mass is 16.2. The van der Waals surface area contributed by atoms with E-state index in [2.05, 4.69) is 17.4 Å². The Bertz CT molecular complexity index is 615. The summed E-state index contributed by atoms with van der Waals surface area (Å²) in [5, 5.41) is 5.60. The zero-order valence-corrected chi connectivity index (χ0v) is 11.8. The number of nitrogens with zero attached hydrogens (tertiary/aromatic N) is 1. The SMILES string of the molecule is CNC1CCN(C(=O)c2ccc3ccccc3c2)CC1. The van der Waals surface area contributed by atoms with Gasteiger partial charge in [-0.05, 0) is 42.8 Å². The van der Waals surface area contributed by atoms with Crippen LogP contribution in [0.1, 0.15) is 23.2 Å². The normalized spacial score (nSPS) is 16.6. The first kappa shape index (κ1) is 13.1. The first-order valence-corrected chi connectivity index (χ1v) is 7.23. The van der Waals surface area contributed by atoms with Crippen molar-refractivity contribution in [2.75, 3.05) is 20.1 Å². The molecule has 1 heterocycles. The molecule has 104 valence electrons. The lowest BCUT2D eigenvalue weighted by Crippen LogP contribution is -2.43. The fourth-order valence-electron chi connectivity index (χ4n) is 2.88. The van der Waals surface area contributed by atoms with Gasteiger partial charge in [0.2, 0.25) is 0 Å². The standard InChI is InChI=1S/C17H20N2O/c1-18-16-8-10-19(11-9-16)17(20)15-7-6-13-4-2-3-5-14(13)12-15/h2-7,12,16,18H,8-11H2,1H3. The quantitative estimate of drug-likeness (QED) is 0.908. The Morgan fingerprint density at radius 1 is 1.10 bits per heavy atom. The van der Waals surface area contributed by atoms with Crippen LogP contribution in [0, 0.1) is 0 Å². The number of fused-ring (bicyclic) bond motifs is 1. The maximum Gasteiger partial charge on any atom is 0.253 e. The highest BCUT2D eigenvalue weighted by Gasteiger charge is 2.22. The van der Waals surface area contributed by atoms with Gasteiger partial charge in [0, 0.05) is 24.7 Å². The van der Waals surface area contributed by atoms with Gasteiger partial charge in [-0.2, -0.15) is 0 Å². The van der Waals surface area contributed by atoms with Crippen LogP contribution < -0.4 is 5.32 Å². The minimum atomic E-state index is 0.158. The molecule has 1 aliphatic heterocycles. The minimum Gasteiger partial charge on any atom is -0.339 e. The Kier molecular flexibility index (Phi) is 3.70. The number of carbonyl (C=O) groups is 1. The second kappa shape index (κ2) is 5.63. The molecule has 3 heteroatoms. The van der Waals surface area contributed by atoms with Gasteiger partial charge >= 0.3 is 0 Å². The maximum absolute atomic E-state index is 12.5. The molecule has 1 fully saturated rings. The Labute approximate surface area is 119 Å². The summed E-state index contributed by atoms with van der Waals surface area (Å²) in [6.07, 6.45) is 2.08. The van der Waals surface area contributed by atoms with Crippen molar-refractivity contribution in [2.24, 2.45) is 0 Å². The number of benzene rings is 2. The number of likely N-dealkylation sites (tertiary alicyclic amines) is 1. The van der Waals surface area contributed by atoms with Crippen LogP contribution in [0.5, 0.6) is 0 Å². The van der Waals surface area contributed by atoms with Gasteiger partial charge in [-0.15, -0.1) is 0 Å². The van der Waals surface area contributed by atoms with E-state index >= 15 is 0 Å². The Hall–Kier alpha value is -1.87. The highest BCUT2D eigenvalue weighted by molar-refractivity contribution is 5.98. The van der Waals surface area contributed by atoms with Gasteiger partial charge in [-0.3, -0.25) is 4.79 Å². The van der Waals surface area contributed by atoms with Crippen LogP contribution in [-0.4, -0.2) is 37.0 Å². The summed E-state index contributed by atoms with van der Waals surface area (Å²) in [4.78, 5) is 14.5. The summed E-state index contributed by atoms with van der Waals surface area (Å²) in [5.41, 5.74) is 0.798. The molecule has 1 amide bonds. The van der Waals surface area contributed by atoms with Crippen molar-refractivity contribution in [2.45, 2.75) is 18.9 Å². The van der Waals surface area contributed by atoms with E-state index in [9.17, 15) is 4.79 Å². The van der Waals surface area contributed by atoms with Crippen molar-refractivity contribution in [3.8, 4) is 0 Å². The molecule has 0 aromatic heterocycles. The van der Waals surface area contributed by atoms with E-state index in [-0.39, 0.29) is 5.91 Å². The molecular formula is C17H20N2O. The second-order valence-electron chi connectivity index (χ2n) is 5.42. The molecule has 3 rings (SSSR count). The van der Waals surface area contributed by atoms with Gasteiger partial charge in [0.25, 0.3) is 5.91 Å². The number of carbonyl (C=O) groups excluding carboxylic acids is 1. The van der Waals surface area contributed by atoms with E-state index in [0.717, 1.165) is 36.9 Å². The number of amides is 1. The first-order valence-electron chi connectivity index (χ1n) is 7.23. The summed E-state index contributed by atoms with van der Waals surface area (Å²) in [5.74, 6) is 0.158. The average Bonchev–Trinajstić information content (AvgIpc) is 2.54. The van der Waals surface area contributed by atoms with Crippen LogP contribution in [0.15, 0.2) is 42.5 Å². The van der Waals surface area contributed by atoms with E-state index in [1.807, 2.05) is 42.3 Å². The van der Waals surface area contributed by atoms with E-state index in [4.69, 9.17) is 0 Å². The first-order chi connectivity index (χ1) is 9.78. The molecule has 0 radical (unpaired) electrons. The minimum absolute atomic E-state index is 0.158. The van der Waals surface area contributed by atoms with Crippen LogP contribution in [0.25, 0.3) is 10.8 Å². The summed E-state index contributed by atoms with van der Waals surface area (Å²) < 4.78 is 0. The topological polar surface area (TPSA) is 32.3 Å². The molecule has 2 aromatic carbocycles. The highest BCUT2D eigenvalue weighted by Crippen LogP contribution is 2.19. The molecule has 0 atom stereocenters. The van der Waals surface area contributed by atoms with Crippen LogP contribution in [0.3, 0.4) is 0 Å². The molecule has 0 aliphatic carbocycles. The molecule has 20 heavy (non-hydrogen) atoms. The summed E-state index contributed by atoms with van der Waals surface area (Å²) in [7, 11) is 1.99. The fraction of sp³-hybridized carbons (Fsp3) is 0.353. The van der Waals surface area contributed by atoms with Gasteiger partial charge in [0.05, 0.1) is 0 Å². The van der Waals surface area contributed by atoms with Crippen molar-refractivity contribution in [3.05, 3.63) is 48.0 Å². The predicted octanol–water partition coefficient (Wildman–Crippen LogP) is 2.66. The van der Waals surface area contributed by atoms with Gasteiger partial charge < -0.3 is 10.2 Å². The van der Waals surface area contributed by atoms with Crippen molar-refractivity contribution < 1.29 is 4.79 Å². The summed E-state index contributed by atoms with van der Waals surface area (Å²) >= 11 is 0. The van der Waals surface area contributed by atoms with E-state index in [1.54, 1.807) is 0 Å². The second-order valence-corrected chi connectivity index (χ2v) is 5.42. The van der Waals surface area contributed by atoms with Crippen LogP contribution in [0.2, 0.25) is 0 Å². The van der Waals surface area contributed by atoms with E-state index < -0.39 is 0 Å². The Morgan fingerprint density at radius 3 is 2.50 bits per heavy atom. The van der Waals surface area contributed by atoms with Crippen LogP contribution in [0.4, 0.5) is 0 Å². The van der Waals surface area contributed by atoms with Crippen molar-refractivity contribution >= 4 is 16.7 Å². The molecular weight excluding hydrogens is 248 g/mol. The lowest BCUT2D eigenvalue weighted by Gasteiger charge is -2.31. The lowest BCUT2D eigenvalue weighted by atomic mass is 10.0. The number of nitrogens with one attached hydrogen (secondary N) is 1. The monoisotopic (exact) mass is 268 g/mol. The third kappa shape index (κ3) is 2.54. The molecule has 1 N–H and O–H groups in total. The zero-order chi connectivity index (χ0) is 13.9. The van der Waals surface area contributed by atoms with Crippen molar-refractivity contribution in [1.29, 1.82) is 0 Å². The number of rotatable bonds is 2. The number of hydrogen-bond donors (Lipinski definition) is 1. The van der Waals surface area contributed by atoms with E-state index in [1.165, 1.54) is 5.39 Å². The summed E-state index contributed by atoms with van der Waals surface area (Å²) in [6, 6.07) is 14.7. The van der Waals surface area contributed by atoms with E-state index in [0.29, 0.717) is 6.04 Å². The molecule has 1 aliphatic rings. The Morgan fingerprint density at radius 2 is 1.80 bits per heavy atom.